The lowest BCUT2D eigenvalue weighted by Gasteiger charge is -2.09. The smallest absolute Gasteiger partial charge is 0.271 e. The molecular formula is C13H16N2O4. The summed E-state index contributed by atoms with van der Waals surface area (Å²) in [6.45, 7) is 5.46. The van der Waals surface area contributed by atoms with Crippen molar-refractivity contribution in [1.82, 2.24) is 0 Å². The van der Waals surface area contributed by atoms with Gasteiger partial charge in [-0.2, -0.15) is 5.26 Å². The van der Waals surface area contributed by atoms with Crippen molar-refractivity contribution in [3.05, 3.63) is 33.9 Å². The Morgan fingerprint density at radius 1 is 1.42 bits per heavy atom. The summed E-state index contributed by atoms with van der Waals surface area (Å²) in [5.41, 5.74) is 0.0259. The minimum atomic E-state index is -0.545. The van der Waals surface area contributed by atoms with Crippen molar-refractivity contribution in [3.63, 3.8) is 0 Å². The molecule has 0 fully saturated rings. The molecule has 0 saturated heterocycles. The van der Waals surface area contributed by atoms with Crippen LogP contribution in [0.2, 0.25) is 0 Å². The summed E-state index contributed by atoms with van der Waals surface area (Å²) in [5.74, 6) is 0.787. The Balaban J connectivity index is 2.54. The van der Waals surface area contributed by atoms with Crippen LogP contribution in [0.5, 0.6) is 5.75 Å². The highest BCUT2D eigenvalue weighted by molar-refractivity contribution is 5.50. The first-order valence-corrected chi connectivity index (χ1v) is 5.93. The van der Waals surface area contributed by atoms with Crippen molar-refractivity contribution in [2.75, 3.05) is 19.8 Å². The van der Waals surface area contributed by atoms with Crippen LogP contribution in [0.3, 0.4) is 0 Å². The van der Waals surface area contributed by atoms with E-state index in [2.05, 4.69) is 0 Å². The van der Waals surface area contributed by atoms with Gasteiger partial charge in [0.25, 0.3) is 5.69 Å². The average Bonchev–Trinajstić information content (AvgIpc) is 2.37. The van der Waals surface area contributed by atoms with Crippen molar-refractivity contribution >= 4 is 5.69 Å². The molecule has 6 heteroatoms. The SMILES string of the molecule is CC(C)COCCOc1ccc([N+](=O)[O-])cc1C#N. The number of non-ortho nitro benzene ring substituents is 1. The van der Waals surface area contributed by atoms with Crippen LogP contribution >= 0.6 is 0 Å². The number of nitro groups is 1. The third-order valence-corrected chi connectivity index (χ3v) is 2.23. The van der Waals surface area contributed by atoms with E-state index in [-0.39, 0.29) is 11.3 Å². The molecule has 1 aromatic carbocycles. The average molecular weight is 264 g/mol. The normalized spacial score (nSPS) is 10.2. The maximum absolute atomic E-state index is 10.6. The summed E-state index contributed by atoms with van der Waals surface area (Å²) >= 11 is 0. The first-order valence-electron chi connectivity index (χ1n) is 5.93. The molecule has 0 aromatic heterocycles. The van der Waals surface area contributed by atoms with E-state index in [0.717, 1.165) is 0 Å². The molecule has 0 bridgehead atoms. The van der Waals surface area contributed by atoms with E-state index in [4.69, 9.17) is 14.7 Å². The first kappa shape index (κ1) is 14.9. The van der Waals surface area contributed by atoms with Gasteiger partial charge in [0.15, 0.2) is 0 Å². The van der Waals surface area contributed by atoms with Crippen LogP contribution in [0, 0.1) is 27.4 Å². The summed E-state index contributed by atoms with van der Waals surface area (Å²) in [6, 6.07) is 5.82. The van der Waals surface area contributed by atoms with Crippen molar-refractivity contribution in [3.8, 4) is 11.8 Å². The predicted molar refractivity (Wildman–Crippen MR) is 69.0 cm³/mol. The fourth-order valence-electron chi connectivity index (χ4n) is 1.37. The Kier molecular flexibility index (Phi) is 5.76. The number of nitrogens with zero attached hydrogens (tertiary/aromatic N) is 2. The second-order valence-electron chi connectivity index (χ2n) is 4.37. The van der Waals surface area contributed by atoms with Gasteiger partial charge < -0.3 is 9.47 Å². The minimum absolute atomic E-state index is 0.125. The molecule has 0 saturated carbocycles. The lowest BCUT2D eigenvalue weighted by molar-refractivity contribution is -0.384. The summed E-state index contributed by atoms with van der Waals surface area (Å²) < 4.78 is 10.7. The topological polar surface area (TPSA) is 85.4 Å². The number of nitro benzene ring substituents is 1. The van der Waals surface area contributed by atoms with Crippen molar-refractivity contribution in [2.45, 2.75) is 13.8 Å². The van der Waals surface area contributed by atoms with Crippen LogP contribution in [-0.2, 0) is 4.74 Å². The van der Waals surface area contributed by atoms with Crippen molar-refractivity contribution in [2.24, 2.45) is 5.92 Å². The molecule has 0 radical (unpaired) electrons. The van der Waals surface area contributed by atoms with Gasteiger partial charge in [0, 0.05) is 18.7 Å². The second-order valence-corrected chi connectivity index (χ2v) is 4.37. The van der Waals surface area contributed by atoms with Crippen LogP contribution in [-0.4, -0.2) is 24.7 Å². The van der Waals surface area contributed by atoms with Crippen LogP contribution < -0.4 is 4.74 Å². The molecule has 0 aliphatic heterocycles. The van der Waals surface area contributed by atoms with Gasteiger partial charge in [0.2, 0.25) is 0 Å². The van der Waals surface area contributed by atoms with Gasteiger partial charge in [0.1, 0.15) is 24.0 Å². The molecule has 0 aliphatic carbocycles. The van der Waals surface area contributed by atoms with Gasteiger partial charge in [0.05, 0.1) is 11.5 Å². The molecule has 102 valence electrons. The Labute approximate surface area is 111 Å². The highest BCUT2D eigenvalue weighted by atomic mass is 16.6. The fraction of sp³-hybridized carbons (Fsp3) is 0.462. The minimum Gasteiger partial charge on any atom is -0.490 e. The van der Waals surface area contributed by atoms with E-state index < -0.39 is 4.92 Å². The molecular weight excluding hydrogens is 248 g/mol. The quantitative estimate of drug-likeness (QED) is 0.429. The van der Waals surface area contributed by atoms with E-state index in [1.54, 1.807) is 0 Å². The summed E-state index contributed by atoms with van der Waals surface area (Å²) in [4.78, 5) is 10.0. The zero-order valence-electron chi connectivity index (χ0n) is 11.0. The van der Waals surface area contributed by atoms with Gasteiger partial charge in [-0.3, -0.25) is 10.1 Å². The lowest BCUT2D eigenvalue weighted by atomic mass is 10.2. The Morgan fingerprint density at radius 3 is 2.74 bits per heavy atom. The number of ether oxygens (including phenoxy) is 2. The molecule has 1 rings (SSSR count). The zero-order chi connectivity index (χ0) is 14.3. The van der Waals surface area contributed by atoms with Gasteiger partial charge in [-0.1, -0.05) is 13.8 Å². The molecule has 0 atom stereocenters. The molecule has 0 N–H and O–H groups in total. The van der Waals surface area contributed by atoms with Crippen LogP contribution in [0.25, 0.3) is 0 Å². The number of hydrogen-bond acceptors (Lipinski definition) is 5. The van der Waals surface area contributed by atoms with E-state index in [1.807, 2.05) is 19.9 Å². The van der Waals surface area contributed by atoms with Gasteiger partial charge >= 0.3 is 0 Å². The maximum atomic E-state index is 10.6. The van der Waals surface area contributed by atoms with Gasteiger partial charge in [-0.05, 0) is 12.0 Å². The van der Waals surface area contributed by atoms with E-state index in [9.17, 15) is 10.1 Å². The Bertz CT molecular complexity index is 480. The summed E-state index contributed by atoms with van der Waals surface area (Å²) in [7, 11) is 0. The Morgan fingerprint density at radius 2 is 2.16 bits per heavy atom. The molecule has 6 nitrogen and oxygen atoms in total. The number of hydrogen-bond donors (Lipinski definition) is 0. The predicted octanol–water partition coefficient (Wildman–Crippen LogP) is 2.52. The summed E-state index contributed by atoms with van der Waals surface area (Å²) in [5, 5.41) is 19.5. The summed E-state index contributed by atoms with van der Waals surface area (Å²) in [6.07, 6.45) is 0. The number of rotatable bonds is 7. The van der Waals surface area contributed by atoms with E-state index >= 15 is 0 Å². The molecule has 19 heavy (non-hydrogen) atoms. The molecule has 0 heterocycles. The third kappa shape index (κ3) is 4.94. The van der Waals surface area contributed by atoms with Crippen LogP contribution in [0.15, 0.2) is 18.2 Å². The van der Waals surface area contributed by atoms with Crippen LogP contribution in [0.1, 0.15) is 19.4 Å². The number of nitriles is 1. The van der Waals surface area contributed by atoms with E-state index in [1.165, 1.54) is 18.2 Å². The standard InChI is InChI=1S/C13H16N2O4/c1-10(2)9-18-5-6-19-13-4-3-12(15(16)17)7-11(13)8-14/h3-4,7,10H,5-6,9H2,1-2H3. The second kappa shape index (κ2) is 7.34. The monoisotopic (exact) mass is 264 g/mol. The highest BCUT2D eigenvalue weighted by Gasteiger charge is 2.11. The maximum Gasteiger partial charge on any atom is 0.271 e. The van der Waals surface area contributed by atoms with Gasteiger partial charge in [-0.25, -0.2) is 0 Å². The molecule has 0 unspecified atom stereocenters. The molecule has 0 spiro atoms. The largest absolute Gasteiger partial charge is 0.490 e. The van der Waals surface area contributed by atoms with Crippen LogP contribution in [0.4, 0.5) is 5.69 Å². The van der Waals surface area contributed by atoms with Gasteiger partial charge in [-0.15, -0.1) is 0 Å². The zero-order valence-corrected chi connectivity index (χ0v) is 11.0. The van der Waals surface area contributed by atoms with E-state index in [0.29, 0.717) is 31.5 Å². The fourth-order valence-corrected chi connectivity index (χ4v) is 1.37. The third-order valence-electron chi connectivity index (χ3n) is 2.23. The Hall–Kier alpha value is -2.13. The lowest BCUT2D eigenvalue weighted by Crippen LogP contribution is -2.10. The highest BCUT2D eigenvalue weighted by Crippen LogP contribution is 2.23. The first-order chi connectivity index (χ1) is 9.04. The van der Waals surface area contributed by atoms with Crippen molar-refractivity contribution in [1.29, 1.82) is 5.26 Å². The molecule has 1 aromatic rings. The van der Waals surface area contributed by atoms with Crippen molar-refractivity contribution < 1.29 is 14.4 Å². The molecule has 0 aliphatic rings. The molecule has 0 amide bonds. The number of benzene rings is 1.